The second-order valence-electron chi connectivity index (χ2n) is 8.70. The number of hydrogen-bond acceptors (Lipinski definition) is 5. The van der Waals surface area contributed by atoms with Crippen molar-refractivity contribution in [3.63, 3.8) is 0 Å². The molecule has 1 amide bonds. The number of amides is 1. The van der Waals surface area contributed by atoms with E-state index in [1.807, 2.05) is 26.0 Å². The predicted octanol–water partition coefficient (Wildman–Crippen LogP) is 3.20. The molecule has 2 aliphatic heterocycles. The molecule has 1 N–H and O–H groups in total. The van der Waals surface area contributed by atoms with Crippen LogP contribution < -0.4 is 0 Å². The monoisotopic (exact) mass is 511 g/mol. The number of aliphatic hydroxyl groups excluding tert-OH is 1. The first kappa shape index (κ1) is 24.4. The molecule has 0 saturated carbocycles. The summed E-state index contributed by atoms with van der Waals surface area (Å²) in [4.78, 5) is 16.9. The van der Waals surface area contributed by atoms with Crippen LogP contribution >= 0.6 is 23.2 Å². The lowest BCUT2D eigenvalue weighted by Crippen LogP contribution is -2.73. The number of fused-ring (bicyclic) bond motifs is 1. The Morgan fingerprint density at radius 1 is 1.09 bits per heavy atom. The Labute approximate surface area is 204 Å². The molecule has 178 valence electrons. The van der Waals surface area contributed by atoms with Crippen molar-refractivity contribution in [2.45, 2.75) is 56.1 Å². The summed E-state index contributed by atoms with van der Waals surface area (Å²) >= 11 is 12.1. The third-order valence-electron chi connectivity index (χ3n) is 6.28. The van der Waals surface area contributed by atoms with Crippen LogP contribution in [0.1, 0.15) is 25.8 Å². The van der Waals surface area contributed by atoms with Crippen molar-refractivity contribution in [2.75, 3.05) is 13.1 Å². The summed E-state index contributed by atoms with van der Waals surface area (Å²) in [5.41, 5.74) is 0.879. The van der Waals surface area contributed by atoms with Crippen LogP contribution in [0.25, 0.3) is 0 Å². The smallest absolute Gasteiger partial charge is 0.244 e. The number of sulfonamides is 1. The first-order valence-electron chi connectivity index (χ1n) is 10.9. The van der Waals surface area contributed by atoms with Gasteiger partial charge in [0.15, 0.2) is 0 Å². The molecule has 3 unspecified atom stereocenters. The van der Waals surface area contributed by atoms with Crippen molar-refractivity contribution in [3.8, 4) is 0 Å². The van der Waals surface area contributed by atoms with Gasteiger partial charge in [-0.3, -0.25) is 4.79 Å². The summed E-state index contributed by atoms with van der Waals surface area (Å²) in [7, 11) is -3.91. The van der Waals surface area contributed by atoms with Gasteiger partial charge in [0, 0.05) is 29.1 Å². The Balaban J connectivity index is 1.74. The number of halogens is 2. The highest BCUT2D eigenvalue weighted by Gasteiger charge is 2.51. The molecular weight excluding hydrogens is 485 g/mol. The largest absolute Gasteiger partial charge is 0.378 e. The topological polar surface area (TPSA) is 81.2 Å². The normalized spacial score (nSPS) is 24.8. The second kappa shape index (κ2) is 9.52. The number of hydrogen-bond donors (Lipinski definition) is 1. The fraction of sp³-hybridized carbons (Fsp3) is 0.435. The maximum Gasteiger partial charge on any atom is 0.244 e. The van der Waals surface area contributed by atoms with Gasteiger partial charge in [0.2, 0.25) is 15.9 Å². The molecule has 2 fully saturated rings. The molecule has 2 saturated heterocycles. The Hall–Kier alpha value is -1.68. The molecule has 0 radical (unpaired) electrons. The van der Waals surface area contributed by atoms with Crippen molar-refractivity contribution in [1.29, 1.82) is 0 Å². The lowest BCUT2D eigenvalue weighted by Gasteiger charge is -2.54. The second-order valence-corrected chi connectivity index (χ2v) is 11.5. The van der Waals surface area contributed by atoms with Gasteiger partial charge in [-0.15, -0.1) is 0 Å². The summed E-state index contributed by atoms with van der Waals surface area (Å²) in [6.07, 6.45) is -1.10. The average Bonchev–Trinajstić information content (AvgIpc) is 2.76. The van der Waals surface area contributed by atoms with Gasteiger partial charge >= 0.3 is 0 Å². The lowest BCUT2D eigenvalue weighted by molar-refractivity contribution is -0.178. The Bertz CT molecular complexity index is 1130. The van der Waals surface area contributed by atoms with Gasteiger partial charge in [-0.25, -0.2) is 13.3 Å². The van der Waals surface area contributed by atoms with Crippen molar-refractivity contribution >= 4 is 39.1 Å². The van der Waals surface area contributed by atoms with Gasteiger partial charge in [0.1, 0.15) is 6.23 Å². The maximum atomic E-state index is 13.6. The number of benzene rings is 2. The third-order valence-corrected chi connectivity index (χ3v) is 8.66. The molecule has 0 aromatic heterocycles. The van der Waals surface area contributed by atoms with Crippen molar-refractivity contribution in [1.82, 2.24) is 14.1 Å². The molecule has 3 atom stereocenters. The van der Waals surface area contributed by atoms with Crippen LogP contribution in [0.4, 0.5) is 0 Å². The van der Waals surface area contributed by atoms with E-state index < -0.39 is 28.5 Å². The molecule has 2 heterocycles. The molecule has 2 aromatic rings. The highest BCUT2D eigenvalue weighted by Crippen LogP contribution is 2.34. The standard InChI is InChI=1S/C23H27Cl2N3O4S/c1-15(2)26-14-21-27(33(31,32)19-5-3-4-18(25)13-19)11-10-22(29)28(21)20(23(26)30)12-16-6-8-17(24)9-7-16/h3-9,13,15,20-22,29H,10-12,14H2,1-2H3. The van der Waals surface area contributed by atoms with E-state index in [9.17, 15) is 18.3 Å². The minimum absolute atomic E-state index is 0.0913. The number of aliphatic hydroxyl groups is 1. The van der Waals surface area contributed by atoms with Gasteiger partial charge in [-0.2, -0.15) is 4.31 Å². The van der Waals surface area contributed by atoms with Crippen LogP contribution in [-0.4, -0.2) is 71.1 Å². The van der Waals surface area contributed by atoms with Gasteiger partial charge < -0.3 is 10.0 Å². The van der Waals surface area contributed by atoms with E-state index in [2.05, 4.69) is 0 Å². The van der Waals surface area contributed by atoms with Crippen molar-refractivity contribution in [3.05, 3.63) is 64.1 Å². The molecule has 2 aromatic carbocycles. The van der Waals surface area contributed by atoms with Crippen molar-refractivity contribution < 1.29 is 18.3 Å². The summed E-state index contributed by atoms with van der Waals surface area (Å²) in [6.45, 7) is 4.12. The molecule has 0 bridgehead atoms. The molecule has 10 heteroatoms. The zero-order valence-corrected chi connectivity index (χ0v) is 20.8. The Morgan fingerprint density at radius 2 is 1.79 bits per heavy atom. The van der Waals surface area contributed by atoms with Crippen LogP contribution in [0.5, 0.6) is 0 Å². The average molecular weight is 512 g/mol. The van der Waals surface area contributed by atoms with E-state index in [4.69, 9.17) is 23.2 Å². The summed E-state index contributed by atoms with van der Waals surface area (Å²) in [5, 5.41) is 11.8. The fourth-order valence-electron chi connectivity index (χ4n) is 4.62. The highest BCUT2D eigenvalue weighted by atomic mass is 35.5. The Kier molecular flexibility index (Phi) is 7.05. The zero-order valence-electron chi connectivity index (χ0n) is 18.4. The lowest BCUT2D eigenvalue weighted by atomic mass is 9.97. The molecule has 0 spiro atoms. The number of nitrogens with zero attached hydrogens (tertiary/aromatic N) is 3. The molecule has 33 heavy (non-hydrogen) atoms. The van der Waals surface area contributed by atoms with Crippen LogP contribution in [0.3, 0.4) is 0 Å². The molecule has 7 nitrogen and oxygen atoms in total. The summed E-state index contributed by atoms with van der Waals surface area (Å²) in [5.74, 6) is -0.128. The zero-order chi connectivity index (χ0) is 23.9. The van der Waals surface area contributed by atoms with Crippen LogP contribution in [0, 0.1) is 0 Å². The summed E-state index contributed by atoms with van der Waals surface area (Å²) < 4.78 is 28.6. The van der Waals surface area contributed by atoms with E-state index >= 15 is 0 Å². The predicted molar refractivity (Wildman–Crippen MR) is 127 cm³/mol. The quantitative estimate of drug-likeness (QED) is 0.666. The van der Waals surface area contributed by atoms with E-state index in [0.717, 1.165) is 5.56 Å². The number of carbonyl (C=O) groups is 1. The van der Waals surface area contributed by atoms with Crippen LogP contribution in [-0.2, 0) is 21.2 Å². The van der Waals surface area contributed by atoms with Gasteiger partial charge in [-0.05, 0) is 56.2 Å². The first-order chi connectivity index (χ1) is 15.6. The van der Waals surface area contributed by atoms with E-state index in [0.29, 0.717) is 16.5 Å². The summed E-state index contributed by atoms with van der Waals surface area (Å²) in [6, 6.07) is 12.5. The number of rotatable bonds is 5. The van der Waals surface area contributed by atoms with Gasteiger partial charge in [-0.1, -0.05) is 41.4 Å². The van der Waals surface area contributed by atoms with Gasteiger partial charge in [0.25, 0.3) is 0 Å². The van der Waals surface area contributed by atoms with Gasteiger partial charge in [0.05, 0.1) is 23.6 Å². The third kappa shape index (κ3) is 4.78. The van der Waals surface area contributed by atoms with E-state index in [1.54, 1.807) is 34.1 Å². The fourth-order valence-corrected chi connectivity index (χ4v) is 6.64. The molecule has 0 aliphatic carbocycles. The Morgan fingerprint density at radius 3 is 2.42 bits per heavy atom. The van der Waals surface area contributed by atoms with Crippen LogP contribution in [0.15, 0.2) is 53.4 Å². The maximum absolute atomic E-state index is 13.6. The molecule has 4 rings (SSSR count). The van der Waals surface area contributed by atoms with E-state index in [1.165, 1.54) is 16.4 Å². The van der Waals surface area contributed by atoms with Crippen LogP contribution in [0.2, 0.25) is 10.0 Å². The minimum Gasteiger partial charge on any atom is -0.378 e. The van der Waals surface area contributed by atoms with Crippen molar-refractivity contribution in [2.24, 2.45) is 0 Å². The van der Waals surface area contributed by atoms with E-state index in [-0.39, 0.29) is 36.4 Å². The number of carbonyl (C=O) groups excluding carboxylic acids is 1. The minimum atomic E-state index is -3.91. The first-order valence-corrected chi connectivity index (χ1v) is 13.1. The number of piperazine rings is 1. The highest BCUT2D eigenvalue weighted by molar-refractivity contribution is 7.89. The molecular formula is C23H27Cl2N3O4S. The SMILES string of the molecule is CC(C)N1CC2N(C(O)CCN2S(=O)(=O)c2cccc(Cl)c2)C(Cc2ccc(Cl)cc2)C1=O. The molecule has 2 aliphatic rings.